The first-order valence-corrected chi connectivity index (χ1v) is 7.01. The Morgan fingerprint density at radius 1 is 1.50 bits per heavy atom. The molecule has 0 heterocycles. The number of nitrogens with one attached hydrogen (secondary N) is 1. The Morgan fingerprint density at radius 3 is 2.89 bits per heavy atom. The van der Waals surface area contributed by atoms with Gasteiger partial charge in [-0.25, -0.2) is 0 Å². The number of hydrogen-bond donors (Lipinski definition) is 2. The molecule has 5 nitrogen and oxygen atoms in total. The number of halogens is 1. The van der Waals surface area contributed by atoms with Crippen molar-refractivity contribution in [3.05, 3.63) is 31.9 Å². The minimum Gasteiger partial charge on any atom is -0.396 e. The molecule has 2 unspecified atom stereocenters. The molecule has 0 spiro atoms. The minimum atomic E-state index is -0.391. The SMILES string of the molecule is O=[N+]([O-])c1ccc(NC2CCCC2CO)c(I)c1. The number of anilines is 1. The molecule has 18 heavy (non-hydrogen) atoms. The first kappa shape index (κ1) is 13.5. The van der Waals surface area contributed by atoms with Crippen LogP contribution in [0.4, 0.5) is 11.4 Å². The number of aliphatic hydroxyl groups excluding tert-OH is 1. The largest absolute Gasteiger partial charge is 0.396 e. The summed E-state index contributed by atoms with van der Waals surface area (Å²) >= 11 is 2.10. The topological polar surface area (TPSA) is 75.4 Å². The Bertz CT molecular complexity index is 453. The monoisotopic (exact) mass is 362 g/mol. The molecule has 0 saturated heterocycles. The van der Waals surface area contributed by atoms with E-state index < -0.39 is 4.92 Å². The van der Waals surface area contributed by atoms with Crippen molar-refractivity contribution < 1.29 is 10.0 Å². The van der Waals surface area contributed by atoms with Gasteiger partial charge in [0.1, 0.15) is 0 Å². The fourth-order valence-electron chi connectivity index (χ4n) is 2.38. The average molecular weight is 362 g/mol. The molecule has 0 aromatic heterocycles. The maximum atomic E-state index is 10.7. The van der Waals surface area contributed by atoms with Gasteiger partial charge < -0.3 is 10.4 Å². The van der Waals surface area contributed by atoms with Gasteiger partial charge in [0.15, 0.2) is 0 Å². The molecular formula is C12H15IN2O3. The van der Waals surface area contributed by atoms with Crippen molar-refractivity contribution in [1.82, 2.24) is 0 Å². The summed E-state index contributed by atoms with van der Waals surface area (Å²) in [6.07, 6.45) is 3.20. The standard InChI is InChI=1S/C12H15IN2O3/c13-10-6-9(15(17)18)4-5-12(10)14-11-3-1-2-8(11)7-16/h4-6,8,11,14,16H,1-3,7H2. The lowest BCUT2D eigenvalue weighted by Crippen LogP contribution is -2.26. The van der Waals surface area contributed by atoms with Gasteiger partial charge >= 0.3 is 0 Å². The van der Waals surface area contributed by atoms with Crippen LogP contribution in [0.1, 0.15) is 19.3 Å². The summed E-state index contributed by atoms with van der Waals surface area (Å²) in [4.78, 5) is 10.3. The van der Waals surface area contributed by atoms with Crippen LogP contribution in [0.2, 0.25) is 0 Å². The van der Waals surface area contributed by atoms with Gasteiger partial charge in [-0.2, -0.15) is 0 Å². The third-order valence-corrected chi connectivity index (χ3v) is 4.29. The smallest absolute Gasteiger partial charge is 0.270 e. The highest BCUT2D eigenvalue weighted by atomic mass is 127. The first-order chi connectivity index (χ1) is 8.61. The van der Waals surface area contributed by atoms with Gasteiger partial charge in [-0.3, -0.25) is 10.1 Å². The van der Waals surface area contributed by atoms with Gasteiger partial charge in [-0.05, 0) is 41.5 Å². The van der Waals surface area contributed by atoms with E-state index in [0.717, 1.165) is 28.5 Å². The molecule has 1 aromatic rings. The lowest BCUT2D eigenvalue weighted by Gasteiger charge is -2.21. The number of nitro benzene ring substituents is 1. The summed E-state index contributed by atoms with van der Waals surface area (Å²) in [6, 6.07) is 5.08. The highest BCUT2D eigenvalue weighted by Gasteiger charge is 2.26. The van der Waals surface area contributed by atoms with Crippen molar-refractivity contribution >= 4 is 34.0 Å². The van der Waals surface area contributed by atoms with E-state index in [1.54, 1.807) is 12.1 Å². The molecule has 6 heteroatoms. The van der Waals surface area contributed by atoms with Crippen molar-refractivity contribution in [2.24, 2.45) is 5.92 Å². The lowest BCUT2D eigenvalue weighted by molar-refractivity contribution is -0.384. The summed E-state index contributed by atoms with van der Waals surface area (Å²) in [6.45, 7) is 0.196. The molecule has 1 aromatic carbocycles. The van der Waals surface area contributed by atoms with E-state index in [0.29, 0.717) is 0 Å². The molecule has 1 saturated carbocycles. The molecule has 2 atom stereocenters. The predicted octanol–water partition coefficient (Wildman–Crippen LogP) is 2.77. The third-order valence-electron chi connectivity index (χ3n) is 3.40. The summed E-state index contributed by atoms with van der Waals surface area (Å²) in [5.74, 6) is 0.288. The predicted molar refractivity (Wildman–Crippen MR) is 77.7 cm³/mol. The second-order valence-electron chi connectivity index (χ2n) is 4.55. The number of nitrogens with zero attached hydrogens (tertiary/aromatic N) is 1. The first-order valence-electron chi connectivity index (χ1n) is 5.93. The Morgan fingerprint density at radius 2 is 2.28 bits per heavy atom. The van der Waals surface area contributed by atoms with Crippen LogP contribution in [0.5, 0.6) is 0 Å². The molecule has 98 valence electrons. The lowest BCUT2D eigenvalue weighted by atomic mass is 10.0. The van der Waals surface area contributed by atoms with E-state index >= 15 is 0 Å². The highest BCUT2D eigenvalue weighted by molar-refractivity contribution is 14.1. The molecule has 1 aliphatic carbocycles. The summed E-state index contributed by atoms with van der Waals surface area (Å²) in [5, 5.41) is 23.3. The van der Waals surface area contributed by atoms with Crippen molar-refractivity contribution in [3.63, 3.8) is 0 Å². The highest BCUT2D eigenvalue weighted by Crippen LogP contribution is 2.31. The molecule has 2 N–H and O–H groups in total. The van der Waals surface area contributed by atoms with Crippen LogP contribution in [-0.4, -0.2) is 22.7 Å². The van der Waals surface area contributed by atoms with E-state index in [1.807, 2.05) is 0 Å². The summed E-state index contributed by atoms with van der Waals surface area (Å²) in [7, 11) is 0. The summed E-state index contributed by atoms with van der Waals surface area (Å²) in [5.41, 5.74) is 1.02. The van der Waals surface area contributed by atoms with Crippen LogP contribution in [0.15, 0.2) is 18.2 Å². The van der Waals surface area contributed by atoms with Crippen molar-refractivity contribution in [3.8, 4) is 0 Å². The van der Waals surface area contributed by atoms with Crippen LogP contribution in [-0.2, 0) is 0 Å². The van der Waals surface area contributed by atoms with E-state index in [-0.39, 0.29) is 24.3 Å². The fourth-order valence-corrected chi connectivity index (χ4v) is 3.03. The van der Waals surface area contributed by atoms with Gasteiger partial charge in [0, 0.05) is 40.0 Å². The van der Waals surface area contributed by atoms with Crippen LogP contribution >= 0.6 is 22.6 Å². The van der Waals surface area contributed by atoms with Crippen LogP contribution in [0, 0.1) is 19.6 Å². The van der Waals surface area contributed by atoms with E-state index in [9.17, 15) is 15.2 Å². The Balaban J connectivity index is 2.12. The zero-order valence-corrected chi connectivity index (χ0v) is 12.0. The molecule has 0 aliphatic heterocycles. The third kappa shape index (κ3) is 2.92. The normalized spacial score (nSPS) is 23.0. The minimum absolute atomic E-state index is 0.107. The van der Waals surface area contributed by atoms with Crippen molar-refractivity contribution in [2.45, 2.75) is 25.3 Å². The van der Waals surface area contributed by atoms with Gasteiger partial charge in [0.25, 0.3) is 5.69 Å². The second kappa shape index (κ2) is 5.83. The molecule has 1 fully saturated rings. The maximum Gasteiger partial charge on any atom is 0.270 e. The molecule has 1 aliphatic rings. The van der Waals surface area contributed by atoms with Crippen LogP contribution in [0.25, 0.3) is 0 Å². The fraction of sp³-hybridized carbons (Fsp3) is 0.500. The van der Waals surface area contributed by atoms with Gasteiger partial charge in [-0.1, -0.05) is 6.42 Å². The van der Waals surface area contributed by atoms with Crippen molar-refractivity contribution in [2.75, 3.05) is 11.9 Å². The van der Waals surface area contributed by atoms with E-state index in [4.69, 9.17) is 0 Å². The number of non-ortho nitro benzene ring substituents is 1. The van der Waals surface area contributed by atoms with E-state index in [1.165, 1.54) is 6.07 Å². The van der Waals surface area contributed by atoms with Gasteiger partial charge in [0.05, 0.1) is 4.92 Å². The molecule has 0 amide bonds. The zero-order chi connectivity index (χ0) is 13.1. The Hall–Kier alpha value is -0.890. The van der Waals surface area contributed by atoms with Crippen molar-refractivity contribution in [1.29, 1.82) is 0 Å². The Kier molecular flexibility index (Phi) is 4.39. The van der Waals surface area contributed by atoms with E-state index in [2.05, 4.69) is 27.9 Å². The van der Waals surface area contributed by atoms with Gasteiger partial charge in [-0.15, -0.1) is 0 Å². The number of benzene rings is 1. The van der Waals surface area contributed by atoms with Gasteiger partial charge in [0.2, 0.25) is 0 Å². The number of rotatable bonds is 4. The maximum absolute atomic E-state index is 10.7. The average Bonchev–Trinajstić information content (AvgIpc) is 2.78. The van der Waals surface area contributed by atoms with Crippen LogP contribution in [0.3, 0.4) is 0 Å². The quantitative estimate of drug-likeness (QED) is 0.491. The molecule has 2 rings (SSSR count). The second-order valence-corrected chi connectivity index (χ2v) is 5.71. The summed E-state index contributed by atoms with van der Waals surface area (Å²) < 4.78 is 0.838. The number of hydrogen-bond acceptors (Lipinski definition) is 4. The Labute approximate surface area is 119 Å². The molecular weight excluding hydrogens is 347 g/mol. The van der Waals surface area contributed by atoms with Crippen LogP contribution < -0.4 is 5.32 Å². The molecule has 0 radical (unpaired) electrons. The number of nitro groups is 1. The number of aliphatic hydroxyl groups is 1. The molecule has 0 bridgehead atoms. The zero-order valence-electron chi connectivity index (χ0n) is 9.80.